The number of rotatable bonds is 11. The molecule has 0 aliphatic carbocycles. The van der Waals surface area contributed by atoms with Crippen LogP contribution in [0.5, 0.6) is 17.2 Å². The summed E-state index contributed by atoms with van der Waals surface area (Å²) in [6.45, 7) is 4.88. The van der Waals surface area contributed by atoms with Gasteiger partial charge in [0, 0.05) is 18.7 Å². The maximum absolute atomic E-state index is 12.3. The second-order valence-electron chi connectivity index (χ2n) is 10.8. The number of methoxy groups -OCH3 is 1. The lowest BCUT2D eigenvalue weighted by molar-refractivity contribution is -0.288. The molecule has 0 aromatic heterocycles. The zero-order valence-corrected chi connectivity index (χ0v) is 24.0. The lowest BCUT2D eigenvalue weighted by Crippen LogP contribution is -2.62. The zero-order valence-electron chi connectivity index (χ0n) is 24.0. The normalized spacial score (nSPS) is 24.6. The van der Waals surface area contributed by atoms with Gasteiger partial charge in [0.15, 0.2) is 5.78 Å². The highest BCUT2D eigenvalue weighted by Gasteiger charge is 2.48. The standard InChI is InChI=1S/C31H39NO10/c1-15-10-19-11-20(40-4)12-23(25(19)26(36)24(15)17(3)34)41-31-29(39)27(37)28(38)30(42-31)22(35)13-21(32-14-16(2)33)18-8-6-5-7-9-18/h5-12,16,21-22,27-33,35-39H,13-14H2,1-4H3/t16-,21-,22+,27-,28-,29+,30+,31+/m0/s1. The van der Waals surface area contributed by atoms with Gasteiger partial charge in [0.05, 0.1) is 30.3 Å². The van der Waals surface area contributed by atoms with Gasteiger partial charge in [-0.2, -0.15) is 0 Å². The number of carbonyl (C=O) groups is 1. The first kappa shape index (κ1) is 31.6. The molecule has 3 aromatic rings. The summed E-state index contributed by atoms with van der Waals surface area (Å²) in [4.78, 5) is 12.3. The molecule has 0 bridgehead atoms. The fraction of sp³-hybridized carbons (Fsp3) is 0.452. The predicted octanol–water partition coefficient (Wildman–Crippen LogP) is 1.71. The van der Waals surface area contributed by atoms with E-state index in [4.69, 9.17) is 14.2 Å². The maximum Gasteiger partial charge on any atom is 0.229 e. The van der Waals surface area contributed by atoms with Gasteiger partial charge in [-0.15, -0.1) is 0 Å². The third-order valence-corrected chi connectivity index (χ3v) is 7.50. The van der Waals surface area contributed by atoms with Crippen LogP contribution in [-0.4, -0.2) is 93.0 Å². The number of nitrogens with one attached hydrogen (secondary N) is 1. The molecule has 0 unspecified atom stereocenters. The first-order valence-corrected chi connectivity index (χ1v) is 13.8. The molecule has 4 rings (SSSR count). The van der Waals surface area contributed by atoms with Crippen molar-refractivity contribution in [2.75, 3.05) is 13.7 Å². The summed E-state index contributed by atoms with van der Waals surface area (Å²) in [6.07, 6.45) is -10.1. The Hall–Kier alpha value is -3.29. The minimum Gasteiger partial charge on any atom is -0.506 e. The number of ketones is 1. The molecule has 0 spiro atoms. The zero-order chi connectivity index (χ0) is 30.7. The lowest BCUT2D eigenvalue weighted by Gasteiger charge is -2.42. The van der Waals surface area contributed by atoms with Crippen LogP contribution in [0.1, 0.15) is 47.8 Å². The van der Waals surface area contributed by atoms with Gasteiger partial charge >= 0.3 is 0 Å². The fourth-order valence-corrected chi connectivity index (χ4v) is 5.38. The van der Waals surface area contributed by atoms with Crippen molar-refractivity contribution in [1.29, 1.82) is 0 Å². The van der Waals surface area contributed by atoms with Gasteiger partial charge in [-0.1, -0.05) is 36.4 Å². The van der Waals surface area contributed by atoms with Crippen molar-refractivity contribution in [3.8, 4) is 17.2 Å². The van der Waals surface area contributed by atoms with Gasteiger partial charge < -0.3 is 50.2 Å². The maximum atomic E-state index is 12.3. The number of benzene rings is 3. The number of aliphatic hydroxyl groups is 5. The summed E-state index contributed by atoms with van der Waals surface area (Å²) < 4.78 is 17.2. The Kier molecular flexibility index (Phi) is 10.1. The summed E-state index contributed by atoms with van der Waals surface area (Å²) in [5, 5.41) is 68.2. The van der Waals surface area contributed by atoms with E-state index >= 15 is 0 Å². The van der Waals surface area contributed by atoms with E-state index in [1.807, 2.05) is 30.3 Å². The monoisotopic (exact) mass is 585 g/mol. The Morgan fingerprint density at radius 2 is 1.74 bits per heavy atom. The van der Waals surface area contributed by atoms with Gasteiger partial charge in [-0.05, 0) is 49.8 Å². The van der Waals surface area contributed by atoms with E-state index in [1.165, 1.54) is 20.1 Å². The molecule has 228 valence electrons. The largest absolute Gasteiger partial charge is 0.506 e. The SMILES string of the molecule is COc1cc(O[C@@H]2O[C@H]([C@H](O)C[C@H](NC[C@H](C)O)c3ccccc3)[C@@H](O)[C@H](O)[C@H]2O)c2c(O)c(C(C)=O)c(C)cc2c1. The van der Waals surface area contributed by atoms with Crippen LogP contribution in [0.25, 0.3) is 10.8 Å². The van der Waals surface area contributed by atoms with Crippen molar-refractivity contribution in [1.82, 2.24) is 5.32 Å². The Morgan fingerprint density at radius 1 is 1.05 bits per heavy atom. The number of hydrogen-bond acceptors (Lipinski definition) is 11. The van der Waals surface area contributed by atoms with E-state index in [0.29, 0.717) is 16.7 Å². The molecule has 1 aliphatic heterocycles. The Bertz CT molecular complexity index is 1380. The second-order valence-corrected chi connectivity index (χ2v) is 10.8. The van der Waals surface area contributed by atoms with Crippen molar-refractivity contribution < 1.29 is 49.6 Å². The Labute approximate surface area is 243 Å². The first-order valence-electron chi connectivity index (χ1n) is 13.8. The van der Waals surface area contributed by atoms with E-state index in [2.05, 4.69) is 5.32 Å². The van der Waals surface area contributed by atoms with Gasteiger partial charge in [0.2, 0.25) is 6.29 Å². The average Bonchev–Trinajstić information content (AvgIpc) is 2.95. The molecule has 1 saturated heterocycles. The number of ether oxygens (including phenoxy) is 3. The second kappa shape index (κ2) is 13.3. The number of aromatic hydroxyl groups is 1. The molecule has 1 fully saturated rings. The lowest BCUT2D eigenvalue weighted by atomic mass is 9.90. The topological polar surface area (TPSA) is 178 Å². The van der Waals surface area contributed by atoms with Crippen LogP contribution in [0.2, 0.25) is 0 Å². The van der Waals surface area contributed by atoms with Gasteiger partial charge in [0.25, 0.3) is 0 Å². The third-order valence-electron chi connectivity index (χ3n) is 7.50. The van der Waals surface area contributed by atoms with E-state index in [1.54, 1.807) is 26.0 Å². The minimum atomic E-state index is -1.75. The van der Waals surface area contributed by atoms with E-state index in [-0.39, 0.29) is 41.2 Å². The Morgan fingerprint density at radius 3 is 2.36 bits per heavy atom. The van der Waals surface area contributed by atoms with Crippen LogP contribution >= 0.6 is 0 Å². The number of phenols is 1. The molecule has 0 saturated carbocycles. The molecule has 1 aliphatic rings. The van der Waals surface area contributed by atoms with Crippen molar-refractivity contribution in [3.63, 3.8) is 0 Å². The molecule has 11 heteroatoms. The first-order chi connectivity index (χ1) is 19.9. The van der Waals surface area contributed by atoms with Crippen LogP contribution in [0.15, 0.2) is 48.5 Å². The summed E-state index contributed by atoms with van der Waals surface area (Å²) in [7, 11) is 1.44. The van der Waals surface area contributed by atoms with Crippen molar-refractivity contribution in [2.45, 2.75) is 76.1 Å². The molecule has 0 radical (unpaired) electrons. The van der Waals surface area contributed by atoms with Crippen molar-refractivity contribution in [3.05, 3.63) is 65.2 Å². The molecule has 11 nitrogen and oxygen atoms in total. The summed E-state index contributed by atoms with van der Waals surface area (Å²) in [5.74, 6) is -0.343. The highest BCUT2D eigenvalue weighted by atomic mass is 16.7. The molecule has 42 heavy (non-hydrogen) atoms. The minimum absolute atomic E-state index is 0.00834. The molecular formula is C31H39NO10. The van der Waals surface area contributed by atoms with Crippen LogP contribution in [-0.2, 0) is 4.74 Å². The highest BCUT2D eigenvalue weighted by molar-refractivity contribution is 6.07. The summed E-state index contributed by atoms with van der Waals surface area (Å²) in [5.41, 5.74) is 1.47. The number of aliphatic hydroxyl groups excluding tert-OH is 5. The third kappa shape index (κ3) is 6.68. The molecule has 8 atom stereocenters. The number of hydrogen-bond donors (Lipinski definition) is 7. The fourth-order valence-electron chi connectivity index (χ4n) is 5.38. The van der Waals surface area contributed by atoms with Gasteiger partial charge in [-0.3, -0.25) is 4.79 Å². The number of fused-ring (bicyclic) bond motifs is 1. The quantitative estimate of drug-likeness (QED) is 0.163. The average molecular weight is 586 g/mol. The van der Waals surface area contributed by atoms with Crippen LogP contribution in [0.3, 0.4) is 0 Å². The summed E-state index contributed by atoms with van der Waals surface area (Å²) in [6, 6.07) is 13.6. The number of aryl methyl sites for hydroxylation is 1. The van der Waals surface area contributed by atoms with Crippen LogP contribution < -0.4 is 14.8 Å². The van der Waals surface area contributed by atoms with Gasteiger partial charge in [0.1, 0.15) is 41.7 Å². The molecule has 1 heterocycles. The molecule has 7 N–H and O–H groups in total. The van der Waals surface area contributed by atoms with Crippen LogP contribution in [0, 0.1) is 6.92 Å². The number of carbonyl (C=O) groups excluding carboxylic acids is 1. The molecule has 3 aromatic carbocycles. The van der Waals surface area contributed by atoms with E-state index < -0.39 is 49.0 Å². The van der Waals surface area contributed by atoms with Crippen molar-refractivity contribution in [2.24, 2.45) is 0 Å². The Balaban J connectivity index is 1.65. The molecular weight excluding hydrogens is 546 g/mol. The summed E-state index contributed by atoms with van der Waals surface area (Å²) >= 11 is 0. The van der Waals surface area contributed by atoms with Crippen molar-refractivity contribution >= 4 is 16.6 Å². The van der Waals surface area contributed by atoms with Gasteiger partial charge in [-0.25, -0.2) is 0 Å². The van der Waals surface area contributed by atoms with E-state index in [9.17, 15) is 35.4 Å². The van der Waals surface area contributed by atoms with E-state index in [0.717, 1.165) is 5.56 Å². The number of phenolic OH excluding ortho intramolecular Hbond substituents is 1. The highest BCUT2D eigenvalue weighted by Crippen LogP contribution is 2.42. The predicted molar refractivity (Wildman–Crippen MR) is 154 cm³/mol. The van der Waals surface area contributed by atoms with Crippen LogP contribution in [0.4, 0.5) is 0 Å². The molecule has 0 amide bonds. The smallest absolute Gasteiger partial charge is 0.229 e. The number of Topliss-reactive ketones (excluding diaryl/α,β-unsaturated/α-hetero) is 1.